The second kappa shape index (κ2) is 6.56. The first-order valence-electron chi connectivity index (χ1n) is 7.25. The van der Waals surface area contributed by atoms with Gasteiger partial charge in [-0.3, -0.25) is 0 Å². The third-order valence-electron chi connectivity index (χ3n) is 4.18. The van der Waals surface area contributed by atoms with Crippen LogP contribution < -0.4 is 11.1 Å². The first-order chi connectivity index (χ1) is 10.3. The topological polar surface area (TPSA) is 58.4 Å². The van der Waals surface area contributed by atoms with E-state index in [2.05, 4.69) is 12.2 Å². The molecule has 4 nitrogen and oxygen atoms in total. The van der Waals surface area contributed by atoms with Crippen LogP contribution in [0.2, 0.25) is 0 Å². The highest BCUT2D eigenvalue weighted by Gasteiger charge is 2.34. The Morgan fingerprint density at radius 3 is 2.73 bits per heavy atom. The average Bonchev–Trinajstić information content (AvgIpc) is 2.47. The van der Waals surface area contributed by atoms with E-state index in [0.717, 1.165) is 12.5 Å². The first-order valence-corrected chi connectivity index (χ1v) is 7.25. The summed E-state index contributed by atoms with van der Waals surface area (Å²) in [4.78, 5) is 13.8. The molecule has 22 heavy (non-hydrogen) atoms. The van der Waals surface area contributed by atoms with E-state index in [0.29, 0.717) is 25.6 Å². The third-order valence-corrected chi connectivity index (χ3v) is 4.18. The molecule has 0 aliphatic carbocycles. The second-order valence-electron chi connectivity index (χ2n) is 5.68. The Balaban J connectivity index is 2.10. The van der Waals surface area contributed by atoms with E-state index in [9.17, 15) is 18.0 Å². The van der Waals surface area contributed by atoms with Crippen LogP contribution in [-0.2, 0) is 6.18 Å². The summed E-state index contributed by atoms with van der Waals surface area (Å²) in [5.74, 6) is 0.592. The van der Waals surface area contributed by atoms with Crippen molar-refractivity contribution >= 4 is 11.7 Å². The van der Waals surface area contributed by atoms with E-state index in [1.807, 2.05) is 0 Å². The number of amides is 2. The normalized spacial score (nSPS) is 22.5. The molecule has 1 aromatic rings. The Kier molecular flexibility index (Phi) is 4.95. The molecule has 2 rings (SSSR count). The van der Waals surface area contributed by atoms with E-state index in [-0.39, 0.29) is 11.6 Å². The molecule has 2 unspecified atom stereocenters. The van der Waals surface area contributed by atoms with E-state index in [1.165, 1.54) is 23.1 Å². The highest BCUT2D eigenvalue weighted by atomic mass is 19.4. The maximum atomic E-state index is 12.9. The molecule has 0 aromatic heterocycles. The highest BCUT2D eigenvalue weighted by molar-refractivity contribution is 5.90. The van der Waals surface area contributed by atoms with Crippen LogP contribution in [0, 0.1) is 11.8 Å². The number of carbonyl (C=O) groups is 1. The molecule has 0 spiro atoms. The van der Waals surface area contributed by atoms with Gasteiger partial charge in [0.25, 0.3) is 0 Å². The maximum Gasteiger partial charge on any atom is 0.418 e. The van der Waals surface area contributed by atoms with Crippen LogP contribution in [0.5, 0.6) is 0 Å². The van der Waals surface area contributed by atoms with Crippen LogP contribution in [0.1, 0.15) is 18.9 Å². The molecule has 0 bridgehead atoms. The van der Waals surface area contributed by atoms with Crippen molar-refractivity contribution < 1.29 is 18.0 Å². The Morgan fingerprint density at radius 2 is 2.09 bits per heavy atom. The smallest absolute Gasteiger partial charge is 0.330 e. The third kappa shape index (κ3) is 3.71. The number of hydrogen-bond donors (Lipinski definition) is 2. The average molecular weight is 315 g/mol. The van der Waals surface area contributed by atoms with Gasteiger partial charge in [0.15, 0.2) is 0 Å². The summed E-state index contributed by atoms with van der Waals surface area (Å²) < 4.78 is 38.8. The maximum absolute atomic E-state index is 12.9. The number of benzene rings is 1. The SMILES string of the molecule is CC1CCN(C(=O)Nc2ccccc2C(F)(F)F)CC1CN. The molecule has 1 aromatic carbocycles. The number of anilines is 1. The number of carbonyl (C=O) groups excluding carboxylic acids is 1. The molecule has 0 saturated carbocycles. The lowest BCUT2D eigenvalue weighted by Gasteiger charge is -2.36. The van der Waals surface area contributed by atoms with Gasteiger partial charge in [-0.2, -0.15) is 13.2 Å². The zero-order valence-electron chi connectivity index (χ0n) is 12.4. The number of halogens is 3. The molecule has 0 radical (unpaired) electrons. The Bertz CT molecular complexity index is 533. The monoisotopic (exact) mass is 315 g/mol. The molecule has 1 aliphatic rings. The molecular weight excluding hydrogens is 295 g/mol. The Hall–Kier alpha value is -1.76. The van der Waals surface area contributed by atoms with Crippen molar-refractivity contribution in [3.8, 4) is 0 Å². The van der Waals surface area contributed by atoms with Gasteiger partial charge in [-0.15, -0.1) is 0 Å². The lowest BCUT2D eigenvalue weighted by atomic mass is 9.87. The fourth-order valence-electron chi connectivity index (χ4n) is 2.67. The molecular formula is C15H20F3N3O. The molecule has 2 amide bonds. The summed E-state index contributed by atoms with van der Waals surface area (Å²) in [7, 11) is 0. The number of para-hydroxylation sites is 1. The molecule has 7 heteroatoms. The van der Waals surface area contributed by atoms with E-state index < -0.39 is 17.8 Å². The molecule has 122 valence electrons. The molecule has 1 heterocycles. The van der Waals surface area contributed by atoms with Gasteiger partial charge in [-0.25, -0.2) is 4.79 Å². The molecule has 1 saturated heterocycles. The van der Waals surface area contributed by atoms with Crippen molar-refractivity contribution in [2.75, 3.05) is 25.0 Å². The largest absolute Gasteiger partial charge is 0.418 e. The zero-order chi connectivity index (χ0) is 16.3. The predicted molar refractivity (Wildman–Crippen MR) is 78.4 cm³/mol. The summed E-state index contributed by atoms with van der Waals surface area (Å²) in [6.45, 7) is 3.53. The quantitative estimate of drug-likeness (QED) is 0.881. The van der Waals surface area contributed by atoms with Crippen LogP contribution >= 0.6 is 0 Å². The van der Waals surface area contributed by atoms with Gasteiger partial charge in [0, 0.05) is 13.1 Å². The minimum Gasteiger partial charge on any atom is -0.330 e. The number of rotatable bonds is 2. The zero-order valence-corrected chi connectivity index (χ0v) is 12.4. The number of alkyl halides is 3. The lowest BCUT2D eigenvalue weighted by molar-refractivity contribution is -0.136. The fourth-order valence-corrected chi connectivity index (χ4v) is 2.67. The molecule has 1 fully saturated rings. The van der Waals surface area contributed by atoms with Crippen LogP contribution in [0.4, 0.5) is 23.7 Å². The van der Waals surface area contributed by atoms with E-state index >= 15 is 0 Å². The standard InChI is InChI=1S/C15H20F3N3O/c1-10-6-7-21(9-11(10)8-19)14(22)20-13-5-3-2-4-12(13)15(16,17)18/h2-5,10-11H,6-9,19H2,1H3,(H,20,22). The summed E-state index contributed by atoms with van der Waals surface area (Å²) >= 11 is 0. The van der Waals surface area contributed by atoms with Gasteiger partial charge >= 0.3 is 12.2 Å². The number of nitrogens with zero attached hydrogens (tertiary/aromatic N) is 1. The van der Waals surface area contributed by atoms with Crippen molar-refractivity contribution in [2.45, 2.75) is 19.5 Å². The van der Waals surface area contributed by atoms with E-state index in [1.54, 1.807) is 0 Å². The molecule has 1 aliphatic heterocycles. The highest BCUT2D eigenvalue weighted by Crippen LogP contribution is 2.34. The minimum atomic E-state index is -4.50. The summed E-state index contributed by atoms with van der Waals surface area (Å²) in [5, 5.41) is 2.37. The Morgan fingerprint density at radius 1 is 1.41 bits per heavy atom. The van der Waals surface area contributed by atoms with Gasteiger partial charge in [-0.05, 0) is 36.9 Å². The van der Waals surface area contributed by atoms with Gasteiger partial charge in [0.2, 0.25) is 0 Å². The number of piperidine rings is 1. The van der Waals surface area contributed by atoms with Gasteiger partial charge in [-0.1, -0.05) is 19.1 Å². The van der Waals surface area contributed by atoms with Crippen molar-refractivity contribution in [3.05, 3.63) is 29.8 Å². The lowest BCUT2D eigenvalue weighted by Crippen LogP contribution is -2.47. The van der Waals surface area contributed by atoms with Crippen LogP contribution in [0.25, 0.3) is 0 Å². The molecule has 2 atom stereocenters. The number of nitrogens with two attached hydrogens (primary N) is 1. The van der Waals surface area contributed by atoms with Crippen LogP contribution in [0.15, 0.2) is 24.3 Å². The van der Waals surface area contributed by atoms with Gasteiger partial charge in [0.05, 0.1) is 11.3 Å². The summed E-state index contributed by atoms with van der Waals surface area (Å²) in [6.07, 6.45) is -3.70. The van der Waals surface area contributed by atoms with Gasteiger partial charge in [0.1, 0.15) is 0 Å². The number of urea groups is 1. The predicted octanol–water partition coefficient (Wildman–Crippen LogP) is 3.15. The second-order valence-corrected chi connectivity index (χ2v) is 5.68. The number of hydrogen-bond acceptors (Lipinski definition) is 2. The Labute approximate surface area is 127 Å². The fraction of sp³-hybridized carbons (Fsp3) is 0.533. The van der Waals surface area contributed by atoms with Crippen LogP contribution in [0.3, 0.4) is 0 Å². The number of likely N-dealkylation sites (tertiary alicyclic amines) is 1. The number of nitrogens with one attached hydrogen (secondary N) is 1. The van der Waals surface area contributed by atoms with Crippen molar-refractivity contribution in [1.82, 2.24) is 4.90 Å². The van der Waals surface area contributed by atoms with Crippen LogP contribution in [-0.4, -0.2) is 30.6 Å². The van der Waals surface area contributed by atoms with Crippen molar-refractivity contribution in [1.29, 1.82) is 0 Å². The molecule has 3 N–H and O–H groups in total. The minimum absolute atomic E-state index is 0.178. The van der Waals surface area contributed by atoms with Gasteiger partial charge < -0.3 is 16.0 Å². The van der Waals surface area contributed by atoms with Crippen molar-refractivity contribution in [3.63, 3.8) is 0 Å². The van der Waals surface area contributed by atoms with Crippen molar-refractivity contribution in [2.24, 2.45) is 17.6 Å². The summed E-state index contributed by atoms with van der Waals surface area (Å²) in [5.41, 5.74) is 4.62. The van der Waals surface area contributed by atoms with E-state index in [4.69, 9.17) is 5.73 Å². The first kappa shape index (κ1) is 16.6. The summed E-state index contributed by atoms with van der Waals surface area (Å²) in [6, 6.07) is 4.46.